The summed E-state index contributed by atoms with van der Waals surface area (Å²) in [4.78, 5) is 0. The van der Waals surface area contributed by atoms with Crippen LogP contribution >= 0.6 is 12.4 Å². The fraction of sp³-hybridized carbons (Fsp3) is 1.00. The van der Waals surface area contributed by atoms with Crippen LogP contribution in [0.25, 0.3) is 0 Å². The molecule has 2 rings (SSSR count). The van der Waals surface area contributed by atoms with Gasteiger partial charge in [-0.15, -0.1) is 12.4 Å². The molecule has 0 unspecified atom stereocenters. The van der Waals surface area contributed by atoms with Crippen LogP contribution in [0, 0.1) is 5.41 Å². The largest absolute Gasteiger partial charge is 0.316 e. The second kappa shape index (κ2) is 2.05. The molecule has 2 fully saturated rings. The maximum atomic E-state index is 12.2. The molecule has 2 aliphatic rings. The van der Waals surface area contributed by atoms with Gasteiger partial charge < -0.3 is 5.32 Å². The smallest absolute Gasteiger partial charge is 0.249 e. The third-order valence-corrected chi connectivity index (χ3v) is 2.27. The molecule has 1 heterocycles. The average molecular weight is 170 g/mol. The van der Waals surface area contributed by atoms with Crippen molar-refractivity contribution in [2.24, 2.45) is 5.41 Å². The Kier molecular flexibility index (Phi) is 1.68. The van der Waals surface area contributed by atoms with E-state index in [4.69, 9.17) is 0 Å². The van der Waals surface area contributed by atoms with Gasteiger partial charge in [0.15, 0.2) is 0 Å². The molecule has 1 nitrogen and oxygen atoms in total. The number of hydrogen-bond acceptors (Lipinski definition) is 1. The molecule has 4 heteroatoms. The fourth-order valence-corrected chi connectivity index (χ4v) is 1.77. The third kappa shape index (κ3) is 1.01. The van der Waals surface area contributed by atoms with Crippen LogP contribution in [0.2, 0.25) is 0 Å². The summed E-state index contributed by atoms with van der Waals surface area (Å²) in [5, 5.41) is 3.01. The standard InChI is InChI=1S/C6H9F2N.ClH/c7-6(8)1-5(2-6)3-9-4-5;/h9H,1-4H2;1H. The van der Waals surface area contributed by atoms with Gasteiger partial charge in [-0.1, -0.05) is 0 Å². The quantitative estimate of drug-likeness (QED) is 0.579. The van der Waals surface area contributed by atoms with Crippen LogP contribution in [0.4, 0.5) is 8.78 Å². The number of alkyl halides is 2. The van der Waals surface area contributed by atoms with Crippen LogP contribution in [0.3, 0.4) is 0 Å². The van der Waals surface area contributed by atoms with E-state index in [-0.39, 0.29) is 30.7 Å². The third-order valence-electron chi connectivity index (χ3n) is 2.27. The Morgan fingerprint density at radius 1 is 1.10 bits per heavy atom. The molecule has 1 aliphatic heterocycles. The van der Waals surface area contributed by atoms with Crippen LogP contribution in [0.5, 0.6) is 0 Å². The van der Waals surface area contributed by atoms with Crippen molar-refractivity contribution in [1.82, 2.24) is 5.32 Å². The van der Waals surface area contributed by atoms with Crippen molar-refractivity contribution in [2.45, 2.75) is 18.8 Å². The minimum Gasteiger partial charge on any atom is -0.316 e. The molecular weight excluding hydrogens is 160 g/mol. The van der Waals surface area contributed by atoms with Crippen molar-refractivity contribution >= 4 is 12.4 Å². The molecule has 10 heavy (non-hydrogen) atoms. The first-order valence-electron chi connectivity index (χ1n) is 3.21. The lowest BCUT2D eigenvalue weighted by molar-refractivity contribution is -0.178. The molecule has 0 aromatic rings. The summed E-state index contributed by atoms with van der Waals surface area (Å²) in [5.74, 6) is -2.33. The Morgan fingerprint density at radius 3 is 1.70 bits per heavy atom. The van der Waals surface area contributed by atoms with Crippen LogP contribution in [-0.2, 0) is 0 Å². The van der Waals surface area contributed by atoms with Crippen molar-refractivity contribution in [3.63, 3.8) is 0 Å². The molecule has 0 radical (unpaired) electrons. The molecule has 1 saturated carbocycles. The molecule has 0 bridgehead atoms. The highest BCUT2D eigenvalue weighted by atomic mass is 35.5. The van der Waals surface area contributed by atoms with Crippen molar-refractivity contribution in [3.8, 4) is 0 Å². The molecular formula is C6H10ClF2N. The summed E-state index contributed by atoms with van der Waals surface area (Å²) in [6.45, 7) is 1.62. The summed E-state index contributed by atoms with van der Waals surface area (Å²) in [6, 6.07) is 0. The lowest BCUT2D eigenvalue weighted by atomic mass is 9.62. The second-order valence-electron chi connectivity index (χ2n) is 3.31. The summed E-state index contributed by atoms with van der Waals surface area (Å²) in [7, 11) is 0. The van der Waals surface area contributed by atoms with E-state index in [0.29, 0.717) is 0 Å². The van der Waals surface area contributed by atoms with E-state index >= 15 is 0 Å². The Labute approximate surface area is 64.6 Å². The SMILES string of the molecule is Cl.FC1(F)CC2(CNC2)C1. The van der Waals surface area contributed by atoms with E-state index < -0.39 is 5.92 Å². The zero-order chi connectivity index (χ0) is 6.54. The van der Waals surface area contributed by atoms with E-state index in [1.54, 1.807) is 0 Å². The summed E-state index contributed by atoms with van der Waals surface area (Å²) in [5.41, 5.74) is 0.0174. The van der Waals surface area contributed by atoms with Gasteiger partial charge in [-0.25, -0.2) is 8.78 Å². The van der Waals surface area contributed by atoms with Crippen LogP contribution < -0.4 is 5.32 Å². The molecule has 1 spiro atoms. The van der Waals surface area contributed by atoms with E-state index in [1.165, 1.54) is 0 Å². The highest BCUT2D eigenvalue weighted by Crippen LogP contribution is 2.53. The molecule has 1 saturated heterocycles. The normalized spacial score (nSPS) is 31.8. The van der Waals surface area contributed by atoms with E-state index in [2.05, 4.69) is 5.32 Å². The zero-order valence-electron chi connectivity index (χ0n) is 5.49. The molecule has 0 amide bonds. The first kappa shape index (κ1) is 8.21. The first-order valence-corrected chi connectivity index (χ1v) is 3.21. The Bertz CT molecular complexity index is 135. The van der Waals surface area contributed by atoms with Gasteiger partial charge in [-0.05, 0) is 0 Å². The monoisotopic (exact) mass is 169 g/mol. The predicted molar refractivity (Wildman–Crippen MR) is 36.7 cm³/mol. The van der Waals surface area contributed by atoms with Gasteiger partial charge >= 0.3 is 0 Å². The lowest BCUT2D eigenvalue weighted by Crippen LogP contribution is -2.64. The summed E-state index contributed by atoms with van der Waals surface area (Å²) in [6.07, 6.45) is 0.236. The van der Waals surface area contributed by atoms with Crippen molar-refractivity contribution < 1.29 is 8.78 Å². The van der Waals surface area contributed by atoms with E-state index in [0.717, 1.165) is 13.1 Å². The summed E-state index contributed by atoms with van der Waals surface area (Å²) < 4.78 is 24.5. The Hall–Kier alpha value is 0.110. The highest BCUT2D eigenvalue weighted by Gasteiger charge is 2.58. The van der Waals surface area contributed by atoms with Gasteiger partial charge in [0, 0.05) is 31.3 Å². The number of nitrogens with one attached hydrogen (secondary N) is 1. The molecule has 1 N–H and O–H groups in total. The summed E-state index contributed by atoms with van der Waals surface area (Å²) >= 11 is 0. The second-order valence-corrected chi connectivity index (χ2v) is 3.31. The van der Waals surface area contributed by atoms with Gasteiger partial charge in [0.05, 0.1) is 0 Å². The number of halogens is 3. The minimum absolute atomic E-state index is 0. The van der Waals surface area contributed by atoms with Crippen LogP contribution in [0.15, 0.2) is 0 Å². The lowest BCUT2D eigenvalue weighted by Gasteiger charge is -2.53. The van der Waals surface area contributed by atoms with E-state index in [1.807, 2.05) is 0 Å². The van der Waals surface area contributed by atoms with Gasteiger partial charge in [0.2, 0.25) is 5.92 Å². The topological polar surface area (TPSA) is 12.0 Å². The molecule has 0 aromatic heterocycles. The molecule has 0 aromatic carbocycles. The predicted octanol–water partition coefficient (Wildman–Crippen LogP) is 1.43. The van der Waals surface area contributed by atoms with Crippen LogP contribution in [0.1, 0.15) is 12.8 Å². The molecule has 60 valence electrons. The van der Waals surface area contributed by atoms with Gasteiger partial charge in [-0.2, -0.15) is 0 Å². The highest BCUT2D eigenvalue weighted by molar-refractivity contribution is 5.85. The average Bonchev–Trinajstić information content (AvgIpc) is 1.54. The fourth-order valence-electron chi connectivity index (χ4n) is 1.77. The molecule has 0 atom stereocenters. The maximum Gasteiger partial charge on any atom is 0.249 e. The van der Waals surface area contributed by atoms with Gasteiger partial charge in [0.1, 0.15) is 0 Å². The van der Waals surface area contributed by atoms with Gasteiger partial charge in [0.25, 0.3) is 0 Å². The molecule has 1 aliphatic carbocycles. The Morgan fingerprint density at radius 2 is 1.60 bits per heavy atom. The van der Waals surface area contributed by atoms with Crippen molar-refractivity contribution in [1.29, 1.82) is 0 Å². The van der Waals surface area contributed by atoms with Gasteiger partial charge in [-0.3, -0.25) is 0 Å². The first-order chi connectivity index (χ1) is 4.12. The zero-order valence-corrected chi connectivity index (χ0v) is 6.31. The number of rotatable bonds is 0. The Balaban J connectivity index is 0.000000500. The minimum atomic E-state index is -2.33. The van der Waals surface area contributed by atoms with E-state index in [9.17, 15) is 8.78 Å². The van der Waals surface area contributed by atoms with Crippen molar-refractivity contribution in [2.75, 3.05) is 13.1 Å². The number of hydrogen-bond donors (Lipinski definition) is 1. The van der Waals surface area contributed by atoms with Crippen molar-refractivity contribution in [3.05, 3.63) is 0 Å². The van der Waals surface area contributed by atoms with Crippen LogP contribution in [-0.4, -0.2) is 19.0 Å². The maximum absolute atomic E-state index is 12.2.